The zero-order chi connectivity index (χ0) is 13.8. The van der Waals surface area contributed by atoms with Gasteiger partial charge in [0, 0.05) is 21.4 Å². The van der Waals surface area contributed by atoms with Gasteiger partial charge in [0.2, 0.25) is 0 Å². The zero-order valence-electron chi connectivity index (χ0n) is 10.3. The lowest BCUT2D eigenvalue weighted by molar-refractivity contribution is 0.386. The van der Waals surface area contributed by atoms with Crippen LogP contribution in [0.2, 0.25) is 5.02 Å². The molecule has 0 aliphatic carbocycles. The van der Waals surface area contributed by atoms with E-state index in [1.165, 1.54) is 24.9 Å². The highest BCUT2D eigenvalue weighted by molar-refractivity contribution is 7.98. The lowest BCUT2D eigenvalue weighted by atomic mass is 10.2. The largest absolute Gasteiger partial charge is 0.494 e. The average Bonchev–Trinajstić information content (AvgIpc) is 2.38. The molecule has 0 bridgehead atoms. The van der Waals surface area contributed by atoms with Crippen LogP contribution in [0.25, 0.3) is 0 Å². The Labute approximate surface area is 120 Å². The molecule has 2 N–H and O–H groups in total. The molecular weight excluding hydrogens is 285 g/mol. The van der Waals surface area contributed by atoms with Gasteiger partial charge in [0.05, 0.1) is 7.11 Å². The second-order valence-electron chi connectivity index (χ2n) is 3.94. The van der Waals surface area contributed by atoms with Crippen molar-refractivity contribution in [1.29, 1.82) is 0 Å². The fourth-order valence-electron chi connectivity index (χ4n) is 1.61. The average molecular weight is 298 g/mol. The van der Waals surface area contributed by atoms with Crippen LogP contribution in [-0.2, 0) is 5.75 Å². The summed E-state index contributed by atoms with van der Waals surface area (Å²) in [7, 11) is 1.45. The zero-order valence-corrected chi connectivity index (χ0v) is 11.9. The van der Waals surface area contributed by atoms with E-state index in [-0.39, 0.29) is 11.6 Å². The maximum absolute atomic E-state index is 13.5. The number of nitrogens with two attached hydrogens (primary N) is 1. The van der Waals surface area contributed by atoms with Crippen LogP contribution in [0.4, 0.5) is 10.1 Å². The van der Waals surface area contributed by atoms with Gasteiger partial charge >= 0.3 is 0 Å². The Hall–Kier alpha value is -1.39. The fourth-order valence-corrected chi connectivity index (χ4v) is 2.68. The number of benzene rings is 2. The Bertz CT molecular complexity index is 592. The number of ether oxygens (including phenoxy) is 1. The lowest BCUT2D eigenvalue weighted by Gasteiger charge is -2.07. The Morgan fingerprint density at radius 3 is 2.68 bits per heavy atom. The molecule has 0 radical (unpaired) electrons. The third-order valence-corrected chi connectivity index (χ3v) is 3.98. The standard InChI is InChI=1S/C14H13ClFNOS/c1-18-13-4-2-9(6-11(13)16)8-19-14-5-3-10(15)7-12(14)17/h2-7H,8,17H2,1H3. The number of thioether (sulfide) groups is 1. The summed E-state index contributed by atoms with van der Waals surface area (Å²) in [6.45, 7) is 0. The monoisotopic (exact) mass is 297 g/mol. The highest BCUT2D eigenvalue weighted by atomic mass is 35.5. The molecule has 0 aliphatic heterocycles. The van der Waals surface area contributed by atoms with Crippen LogP contribution in [0.5, 0.6) is 5.75 Å². The van der Waals surface area contributed by atoms with Crippen LogP contribution in [-0.4, -0.2) is 7.11 Å². The molecule has 0 saturated heterocycles. The van der Waals surface area contributed by atoms with Gasteiger partial charge < -0.3 is 10.5 Å². The Kier molecular flexibility index (Phi) is 4.56. The van der Waals surface area contributed by atoms with Gasteiger partial charge in [-0.1, -0.05) is 17.7 Å². The third-order valence-electron chi connectivity index (χ3n) is 2.58. The van der Waals surface area contributed by atoms with E-state index in [4.69, 9.17) is 22.1 Å². The van der Waals surface area contributed by atoms with E-state index in [0.29, 0.717) is 16.5 Å². The molecule has 100 valence electrons. The van der Waals surface area contributed by atoms with Crippen LogP contribution in [0.15, 0.2) is 41.3 Å². The number of rotatable bonds is 4. The lowest BCUT2D eigenvalue weighted by Crippen LogP contribution is -1.91. The van der Waals surface area contributed by atoms with Crippen LogP contribution in [0.1, 0.15) is 5.56 Å². The molecule has 0 spiro atoms. The highest BCUT2D eigenvalue weighted by Crippen LogP contribution is 2.31. The normalized spacial score (nSPS) is 10.5. The van der Waals surface area contributed by atoms with Gasteiger partial charge in [0.25, 0.3) is 0 Å². The minimum Gasteiger partial charge on any atom is -0.494 e. The first kappa shape index (κ1) is 14.0. The summed E-state index contributed by atoms with van der Waals surface area (Å²) in [6.07, 6.45) is 0. The van der Waals surface area contributed by atoms with E-state index in [2.05, 4.69) is 0 Å². The van der Waals surface area contributed by atoms with Gasteiger partial charge in [0.15, 0.2) is 11.6 Å². The Morgan fingerprint density at radius 2 is 2.05 bits per heavy atom. The molecule has 5 heteroatoms. The molecule has 0 atom stereocenters. The summed E-state index contributed by atoms with van der Waals surface area (Å²) in [5.74, 6) is 0.525. The minimum absolute atomic E-state index is 0.250. The van der Waals surface area contributed by atoms with E-state index in [1.54, 1.807) is 18.2 Å². The van der Waals surface area contributed by atoms with Crippen LogP contribution in [0.3, 0.4) is 0 Å². The van der Waals surface area contributed by atoms with Gasteiger partial charge in [-0.2, -0.15) is 0 Å². The van der Waals surface area contributed by atoms with Crippen molar-refractivity contribution in [1.82, 2.24) is 0 Å². The number of halogens is 2. The van der Waals surface area contributed by atoms with Crippen LogP contribution < -0.4 is 10.5 Å². The van der Waals surface area contributed by atoms with E-state index >= 15 is 0 Å². The summed E-state index contributed by atoms with van der Waals surface area (Å²) in [5.41, 5.74) is 7.37. The van der Waals surface area contributed by atoms with Crippen molar-refractivity contribution in [2.75, 3.05) is 12.8 Å². The number of nitrogen functional groups attached to an aromatic ring is 1. The maximum Gasteiger partial charge on any atom is 0.165 e. The van der Waals surface area contributed by atoms with E-state index < -0.39 is 0 Å². The number of anilines is 1. The SMILES string of the molecule is COc1ccc(CSc2ccc(Cl)cc2N)cc1F. The van der Waals surface area contributed by atoms with Crippen molar-refractivity contribution in [2.24, 2.45) is 0 Å². The topological polar surface area (TPSA) is 35.2 Å². The predicted octanol–water partition coefficient (Wildman–Crippen LogP) is 4.36. The van der Waals surface area contributed by atoms with E-state index in [1.807, 2.05) is 12.1 Å². The third kappa shape index (κ3) is 3.55. The van der Waals surface area contributed by atoms with E-state index in [0.717, 1.165) is 10.5 Å². The first-order valence-corrected chi connectivity index (χ1v) is 6.96. The predicted molar refractivity (Wildman–Crippen MR) is 78.4 cm³/mol. The van der Waals surface area contributed by atoms with Crippen molar-refractivity contribution >= 4 is 29.1 Å². The fraction of sp³-hybridized carbons (Fsp3) is 0.143. The van der Waals surface area contributed by atoms with Gasteiger partial charge in [-0.05, 0) is 35.9 Å². The molecule has 2 rings (SSSR count). The molecule has 0 aliphatic rings. The number of hydrogen-bond donors (Lipinski definition) is 1. The maximum atomic E-state index is 13.5. The number of methoxy groups -OCH3 is 1. The van der Waals surface area contributed by atoms with Crippen molar-refractivity contribution < 1.29 is 9.13 Å². The second kappa shape index (κ2) is 6.17. The second-order valence-corrected chi connectivity index (χ2v) is 5.39. The Morgan fingerprint density at radius 1 is 1.26 bits per heavy atom. The minimum atomic E-state index is -0.357. The molecule has 0 aromatic heterocycles. The molecule has 0 saturated carbocycles. The Balaban J connectivity index is 2.08. The quantitative estimate of drug-likeness (QED) is 0.672. The smallest absolute Gasteiger partial charge is 0.165 e. The molecule has 0 heterocycles. The number of hydrogen-bond acceptors (Lipinski definition) is 3. The van der Waals surface area contributed by atoms with Gasteiger partial charge in [-0.3, -0.25) is 0 Å². The van der Waals surface area contributed by atoms with Crippen molar-refractivity contribution in [3.05, 3.63) is 52.8 Å². The van der Waals surface area contributed by atoms with Crippen molar-refractivity contribution in [3.8, 4) is 5.75 Å². The first-order chi connectivity index (χ1) is 9.10. The molecule has 0 unspecified atom stereocenters. The van der Waals surface area contributed by atoms with Crippen molar-refractivity contribution in [3.63, 3.8) is 0 Å². The first-order valence-electron chi connectivity index (χ1n) is 5.60. The summed E-state index contributed by atoms with van der Waals surface area (Å²) >= 11 is 7.38. The molecule has 19 heavy (non-hydrogen) atoms. The van der Waals surface area contributed by atoms with Crippen LogP contribution >= 0.6 is 23.4 Å². The van der Waals surface area contributed by atoms with Crippen molar-refractivity contribution in [2.45, 2.75) is 10.6 Å². The molecule has 2 aromatic carbocycles. The van der Waals surface area contributed by atoms with E-state index in [9.17, 15) is 4.39 Å². The molecule has 2 nitrogen and oxygen atoms in total. The van der Waals surface area contributed by atoms with Crippen LogP contribution in [0, 0.1) is 5.82 Å². The van der Waals surface area contributed by atoms with Gasteiger partial charge in [0.1, 0.15) is 0 Å². The summed E-state index contributed by atoms with van der Waals surface area (Å²) in [6, 6.07) is 10.3. The summed E-state index contributed by atoms with van der Waals surface area (Å²) in [5, 5.41) is 0.609. The summed E-state index contributed by atoms with van der Waals surface area (Å²) in [4.78, 5) is 0.931. The summed E-state index contributed by atoms with van der Waals surface area (Å²) < 4.78 is 18.4. The molecule has 0 amide bonds. The highest BCUT2D eigenvalue weighted by Gasteiger charge is 2.05. The van der Waals surface area contributed by atoms with Gasteiger partial charge in [-0.25, -0.2) is 4.39 Å². The van der Waals surface area contributed by atoms with Gasteiger partial charge in [-0.15, -0.1) is 11.8 Å². The molecule has 0 fully saturated rings. The molecule has 2 aromatic rings. The molecular formula is C14H13ClFNOS.